The van der Waals surface area contributed by atoms with E-state index in [9.17, 15) is 4.79 Å². The van der Waals surface area contributed by atoms with Gasteiger partial charge in [0.2, 0.25) is 0 Å². The number of piperidine rings is 1. The van der Waals surface area contributed by atoms with Crippen molar-refractivity contribution in [1.29, 1.82) is 0 Å². The van der Waals surface area contributed by atoms with Gasteiger partial charge in [-0.3, -0.25) is 9.89 Å². The topological polar surface area (TPSA) is 61.0 Å². The predicted molar refractivity (Wildman–Crippen MR) is 115 cm³/mol. The van der Waals surface area contributed by atoms with E-state index in [0.717, 1.165) is 65.5 Å². The molecule has 6 heteroatoms. The molecule has 5 nitrogen and oxygen atoms in total. The molecule has 0 aliphatic carbocycles. The SMILES string of the molecule is Cc1cc(C(=O)N2CCC(C)CC2)ccc1NCc1cn[nH]c1-c1ccsc1. The number of H-pyrrole nitrogens is 1. The van der Waals surface area contributed by atoms with Crippen LogP contribution in [0, 0.1) is 12.8 Å². The molecule has 1 saturated heterocycles. The van der Waals surface area contributed by atoms with Gasteiger partial charge >= 0.3 is 0 Å². The first-order valence-corrected chi connectivity index (χ1v) is 10.7. The highest BCUT2D eigenvalue weighted by Crippen LogP contribution is 2.25. The van der Waals surface area contributed by atoms with Crippen molar-refractivity contribution in [2.45, 2.75) is 33.2 Å². The highest BCUT2D eigenvalue weighted by molar-refractivity contribution is 7.08. The van der Waals surface area contributed by atoms with Crippen LogP contribution in [0.25, 0.3) is 11.3 Å². The third kappa shape index (κ3) is 3.97. The third-order valence-electron chi connectivity index (χ3n) is 5.54. The number of carbonyl (C=O) groups excluding carboxylic acids is 1. The molecule has 1 amide bonds. The lowest BCUT2D eigenvalue weighted by molar-refractivity contribution is 0.0697. The Morgan fingerprint density at radius 1 is 1.32 bits per heavy atom. The zero-order valence-electron chi connectivity index (χ0n) is 16.4. The molecule has 2 N–H and O–H groups in total. The van der Waals surface area contributed by atoms with Crippen LogP contribution in [-0.2, 0) is 6.54 Å². The number of nitrogens with one attached hydrogen (secondary N) is 2. The van der Waals surface area contributed by atoms with Crippen LogP contribution in [0.4, 0.5) is 5.69 Å². The predicted octanol–water partition coefficient (Wildman–Crippen LogP) is 4.93. The van der Waals surface area contributed by atoms with Gasteiger partial charge in [0.25, 0.3) is 5.91 Å². The summed E-state index contributed by atoms with van der Waals surface area (Å²) in [4.78, 5) is 14.8. The van der Waals surface area contributed by atoms with Gasteiger partial charge in [0.05, 0.1) is 11.9 Å². The van der Waals surface area contributed by atoms with Crippen molar-refractivity contribution in [2.24, 2.45) is 5.92 Å². The molecule has 0 radical (unpaired) electrons. The molecule has 3 heterocycles. The van der Waals surface area contributed by atoms with Gasteiger partial charge < -0.3 is 10.2 Å². The molecular weight excluding hydrogens is 368 g/mol. The average Bonchev–Trinajstić information content (AvgIpc) is 3.38. The van der Waals surface area contributed by atoms with E-state index in [-0.39, 0.29) is 5.91 Å². The Morgan fingerprint density at radius 2 is 2.14 bits per heavy atom. The molecule has 0 saturated carbocycles. The molecule has 1 aromatic carbocycles. The molecule has 3 aromatic rings. The van der Waals surface area contributed by atoms with Crippen LogP contribution in [0.1, 0.15) is 41.3 Å². The minimum atomic E-state index is 0.149. The van der Waals surface area contributed by atoms with Gasteiger partial charge in [-0.2, -0.15) is 16.4 Å². The molecule has 1 aliphatic rings. The van der Waals surface area contributed by atoms with Crippen molar-refractivity contribution in [3.8, 4) is 11.3 Å². The zero-order chi connectivity index (χ0) is 19.5. The molecular formula is C22H26N4OS. The number of hydrogen-bond donors (Lipinski definition) is 2. The average molecular weight is 395 g/mol. The number of hydrogen-bond acceptors (Lipinski definition) is 4. The monoisotopic (exact) mass is 394 g/mol. The number of rotatable bonds is 5. The first-order valence-electron chi connectivity index (χ1n) is 9.80. The van der Waals surface area contributed by atoms with E-state index in [0.29, 0.717) is 6.54 Å². The Kier molecular flexibility index (Phi) is 5.48. The van der Waals surface area contributed by atoms with Crippen molar-refractivity contribution < 1.29 is 4.79 Å². The van der Waals surface area contributed by atoms with Gasteiger partial charge in [-0.05, 0) is 60.9 Å². The van der Waals surface area contributed by atoms with Gasteiger partial charge in [0, 0.05) is 47.4 Å². The minimum absolute atomic E-state index is 0.149. The number of benzene rings is 1. The number of anilines is 1. The van der Waals surface area contributed by atoms with E-state index in [2.05, 4.69) is 39.3 Å². The number of carbonyl (C=O) groups is 1. The van der Waals surface area contributed by atoms with Crippen LogP contribution in [0.2, 0.25) is 0 Å². The Labute approximate surface area is 169 Å². The van der Waals surface area contributed by atoms with Crippen LogP contribution in [-0.4, -0.2) is 34.1 Å². The van der Waals surface area contributed by atoms with Gasteiger partial charge in [-0.15, -0.1) is 0 Å². The minimum Gasteiger partial charge on any atom is -0.381 e. The summed E-state index contributed by atoms with van der Waals surface area (Å²) >= 11 is 1.68. The summed E-state index contributed by atoms with van der Waals surface area (Å²) in [6.45, 7) is 6.72. The van der Waals surface area contributed by atoms with Gasteiger partial charge in [0.1, 0.15) is 0 Å². The molecule has 146 valence electrons. The van der Waals surface area contributed by atoms with E-state index in [1.54, 1.807) is 11.3 Å². The first-order chi connectivity index (χ1) is 13.6. The number of thiophene rings is 1. The van der Waals surface area contributed by atoms with Crippen LogP contribution >= 0.6 is 11.3 Å². The van der Waals surface area contributed by atoms with E-state index in [1.165, 1.54) is 0 Å². The second-order valence-electron chi connectivity index (χ2n) is 7.64. The molecule has 0 spiro atoms. The second kappa shape index (κ2) is 8.19. The van der Waals surface area contributed by atoms with E-state index in [4.69, 9.17) is 0 Å². The Bertz CT molecular complexity index is 939. The van der Waals surface area contributed by atoms with E-state index < -0.39 is 0 Å². The highest BCUT2D eigenvalue weighted by Gasteiger charge is 2.21. The summed E-state index contributed by atoms with van der Waals surface area (Å²) < 4.78 is 0. The Hall–Kier alpha value is -2.60. The fraction of sp³-hybridized carbons (Fsp3) is 0.364. The first kappa shape index (κ1) is 18.7. The maximum absolute atomic E-state index is 12.8. The normalized spacial score (nSPS) is 15.0. The number of nitrogens with zero attached hydrogens (tertiary/aromatic N) is 2. The van der Waals surface area contributed by atoms with E-state index >= 15 is 0 Å². The van der Waals surface area contributed by atoms with Gasteiger partial charge in [-0.1, -0.05) is 6.92 Å². The number of likely N-dealkylation sites (tertiary alicyclic amines) is 1. The van der Waals surface area contributed by atoms with E-state index in [1.807, 2.05) is 36.2 Å². The quantitative estimate of drug-likeness (QED) is 0.645. The zero-order valence-corrected chi connectivity index (χ0v) is 17.2. The highest BCUT2D eigenvalue weighted by atomic mass is 32.1. The van der Waals surface area contributed by atoms with Crippen molar-refractivity contribution >= 4 is 22.9 Å². The Morgan fingerprint density at radius 3 is 2.86 bits per heavy atom. The number of amides is 1. The summed E-state index contributed by atoms with van der Waals surface area (Å²) in [6, 6.07) is 8.04. The molecule has 0 bridgehead atoms. The molecule has 2 aromatic heterocycles. The van der Waals surface area contributed by atoms with Gasteiger partial charge in [0.15, 0.2) is 0 Å². The molecule has 0 atom stereocenters. The molecule has 28 heavy (non-hydrogen) atoms. The lowest BCUT2D eigenvalue weighted by Crippen LogP contribution is -2.37. The molecule has 4 rings (SSSR count). The summed E-state index contributed by atoms with van der Waals surface area (Å²) in [5.41, 5.74) is 6.24. The van der Waals surface area contributed by atoms with Crippen molar-refractivity contribution in [1.82, 2.24) is 15.1 Å². The van der Waals surface area contributed by atoms with Crippen LogP contribution in [0.15, 0.2) is 41.2 Å². The molecule has 1 fully saturated rings. The Balaban J connectivity index is 1.43. The number of aromatic amines is 1. The maximum Gasteiger partial charge on any atom is 0.253 e. The van der Waals surface area contributed by atoms with Gasteiger partial charge in [-0.25, -0.2) is 0 Å². The standard InChI is InChI=1S/C22H26N4OS/c1-15-5-8-26(9-6-15)22(27)17-3-4-20(16(2)11-17)23-12-19-13-24-25-21(19)18-7-10-28-14-18/h3-4,7,10-11,13-15,23H,5-6,8-9,12H2,1-2H3,(H,24,25). The molecule has 1 aliphatic heterocycles. The third-order valence-corrected chi connectivity index (χ3v) is 6.22. The fourth-order valence-corrected chi connectivity index (χ4v) is 4.33. The summed E-state index contributed by atoms with van der Waals surface area (Å²) in [7, 11) is 0. The lowest BCUT2D eigenvalue weighted by Gasteiger charge is -2.30. The van der Waals surface area contributed by atoms with Crippen LogP contribution < -0.4 is 5.32 Å². The smallest absolute Gasteiger partial charge is 0.253 e. The van der Waals surface area contributed by atoms with Crippen molar-refractivity contribution in [3.05, 3.63) is 57.9 Å². The number of aromatic nitrogens is 2. The number of aryl methyl sites for hydroxylation is 1. The van der Waals surface area contributed by atoms with Crippen LogP contribution in [0.3, 0.4) is 0 Å². The molecule has 0 unspecified atom stereocenters. The second-order valence-corrected chi connectivity index (χ2v) is 8.42. The van der Waals surface area contributed by atoms with Crippen molar-refractivity contribution in [3.63, 3.8) is 0 Å². The largest absolute Gasteiger partial charge is 0.381 e. The summed E-state index contributed by atoms with van der Waals surface area (Å²) in [6.07, 6.45) is 4.06. The maximum atomic E-state index is 12.8. The van der Waals surface area contributed by atoms with Crippen molar-refractivity contribution in [2.75, 3.05) is 18.4 Å². The summed E-state index contributed by atoms with van der Waals surface area (Å²) in [5.74, 6) is 0.871. The fourth-order valence-electron chi connectivity index (χ4n) is 3.68. The summed E-state index contributed by atoms with van der Waals surface area (Å²) in [5, 5.41) is 15.0. The van der Waals surface area contributed by atoms with Crippen LogP contribution in [0.5, 0.6) is 0 Å². The lowest BCUT2D eigenvalue weighted by atomic mass is 9.98.